The molecule has 0 heterocycles. The molecule has 1 rings (SSSR count). The average molecular weight is 250 g/mol. The number of urea groups is 1. The van der Waals surface area contributed by atoms with Crippen molar-refractivity contribution in [2.45, 2.75) is 12.8 Å². The van der Waals surface area contributed by atoms with E-state index in [1.807, 2.05) is 37.3 Å². The first-order valence-electron chi connectivity index (χ1n) is 5.76. The molecule has 98 valence electrons. The van der Waals surface area contributed by atoms with Crippen molar-refractivity contribution in [1.29, 1.82) is 0 Å². The molecule has 0 spiro atoms. The normalized spacial score (nSPS) is 11.7. The van der Waals surface area contributed by atoms with Crippen LogP contribution in [-0.4, -0.2) is 42.1 Å². The SMILES string of the molecule is CC(CNC(=O)N(C)CC(=O)O)c1ccccc1. The Balaban J connectivity index is 2.41. The zero-order valence-electron chi connectivity index (χ0n) is 10.6. The highest BCUT2D eigenvalue weighted by molar-refractivity contribution is 5.79. The molecule has 5 heteroatoms. The maximum atomic E-state index is 11.6. The molecule has 0 aliphatic rings. The number of carbonyl (C=O) groups is 2. The molecule has 0 bridgehead atoms. The fraction of sp³-hybridized carbons (Fsp3) is 0.385. The third kappa shape index (κ3) is 4.45. The first-order chi connectivity index (χ1) is 8.50. The fourth-order valence-electron chi connectivity index (χ4n) is 1.55. The van der Waals surface area contributed by atoms with Gasteiger partial charge in [0.2, 0.25) is 0 Å². The van der Waals surface area contributed by atoms with E-state index in [0.29, 0.717) is 6.54 Å². The molecule has 0 saturated heterocycles. The van der Waals surface area contributed by atoms with Crippen molar-refractivity contribution in [3.63, 3.8) is 0 Å². The zero-order valence-corrected chi connectivity index (χ0v) is 10.6. The van der Waals surface area contributed by atoms with E-state index < -0.39 is 5.97 Å². The minimum atomic E-state index is -1.02. The summed E-state index contributed by atoms with van der Waals surface area (Å²) in [7, 11) is 1.45. The van der Waals surface area contributed by atoms with Crippen molar-refractivity contribution in [1.82, 2.24) is 10.2 Å². The Morgan fingerprint density at radius 2 is 1.94 bits per heavy atom. The van der Waals surface area contributed by atoms with Gasteiger partial charge >= 0.3 is 12.0 Å². The second-order valence-electron chi connectivity index (χ2n) is 4.25. The molecular formula is C13H18N2O3. The highest BCUT2D eigenvalue weighted by Gasteiger charge is 2.13. The number of benzene rings is 1. The van der Waals surface area contributed by atoms with Gasteiger partial charge in [-0.25, -0.2) is 4.79 Å². The Kier molecular flexibility index (Phi) is 5.17. The van der Waals surface area contributed by atoms with E-state index in [1.165, 1.54) is 7.05 Å². The fourth-order valence-corrected chi connectivity index (χ4v) is 1.55. The Labute approximate surface area is 106 Å². The standard InChI is InChI=1S/C13H18N2O3/c1-10(11-6-4-3-5-7-11)8-14-13(18)15(2)9-12(16)17/h3-7,10H,8-9H2,1-2H3,(H,14,18)(H,16,17). The molecular weight excluding hydrogens is 232 g/mol. The summed E-state index contributed by atoms with van der Waals surface area (Å²) in [5.41, 5.74) is 1.14. The van der Waals surface area contributed by atoms with Gasteiger partial charge < -0.3 is 15.3 Å². The summed E-state index contributed by atoms with van der Waals surface area (Å²) in [6, 6.07) is 9.46. The zero-order chi connectivity index (χ0) is 13.5. The van der Waals surface area contributed by atoms with Crippen LogP contribution in [0.4, 0.5) is 4.79 Å². The van der Waals surface area contributed by atoms with Gasteiger partial charge in [-0.2, -0.15) is 0 Å². The number of carboxylic acid groups (broad SMARTS) is 1. The third-order valence-electron chi connectivity index (χ3n) is 2.65. The number of aliphatic carboxylic acids is 1. The average Bonchev–Trinajstić information content (AvgIpc) is 2.35. The number of likely N-dealkylation sites (N-methyl/N-ethyl adjacent to an activating group) is 1. The van der Waals surface area contributed by atoms with Crippen LogP contribution in [0.1, 0.15) is 18.4 Å². The summed E-state index contributed by atoms with van der Waals surface area (Å²) in [5.74, 6) is -0.836. The van der Waals surface area contributed by atoms with Crippen molar-refractivity contribution in [3.8, 4) is 0 Å². The van der Waals surface area contributed by atoms with Crippen LogP contribution in [0, 0.1) is 0 Å². The number of amides is 2. The summed E-state index contributed by atoms with van der Waals surface area (Å²) in [6.07, 6.45) is 0. The van der Waals surface area contributed by atoms with Gasteiger partial charge in [0, 0.05) is 13.6 Å². The van der Waals surface area contributed by atoms with Gasteiger partial charge in [-0.05, 0) is 11.5 Å². The number of rotatable bonds is 5. The maximum absolute atomic E-state index is 11.6. The molecule has 0 aliphatic heterocycles. The van der Waals surface area contributed by atoms with E-state index in [4.69, 9.17) is 5.11 Å². The van der Waals surface area contributed by atoms with Crippen LogP contribution >= 0.6 is 0 Å². The van der Waals surface area contributed by atoms with Crippen LogP contribution in [0.25, 0.3) is 0 Å². The van der Waals surface area contributed by atoms with E-state index in [2.05, 4.69) is 5.32 Å². The topological polar surface area (TPSA) is 69.6 Å². The van der Waals surface area contributed by atoms with Crippen molar-refractivity contribution in [2.24, 2.45) is 0 Å². The molecule has 1 aromatic carbocycles. The van der Waals surface area contributed by atoms with Gasteiger partial charge in [0.25, 0.3) is 0 Å². The monoisotopic (exact) mass is 250 g/mol. The molecule has 5 nitrogen and oxygen atoms in total. The lowest BCUT2D eigenvalue weighted by Crippen LogP contribution is -2.41. The quantitative estimate of drug-likeness (QED) is 0.832. The number of carboxylic acids is 1. The number of nitrogens with zero attached hydrogens (tertiary/aromatic N) is 1. The lowest BCUT2D eigenvalue weighted by molar-refractivity contribution is -0.137. The molecule has 2 N–H and O–H groups in total. The van der Waals surface area contributed by atoms with Gasteiger partial charge in [-0.3, -0.25) is 4.79 Å². The summed E-state index contributed by atoms with van der Waals surface area (Å²) < 4.78 is 0. The summed E-state index contributed by atoms with van der Waals surface area (Å²) in [4.78, 5) is 23.2. The predicted molar refractivity (Wildman–Crippen MR) is 68.5 cm³/mol. The second kappa shape index (κ2) is 6.64. The summed E-state index contributed by atoms with van der Waals surface area (Å²) in [6.45, 7) is 2.19. The number of hydrogen-bond donors (Lipinski definition) is 2. The highest BCUT2D eigenvalue weighted by Crippen LogP contribution is 2.12. The van der Waals surface area contributed by atoms with E-state index in [1.54, 1.807) is 0 Å². The molecule has 0 aliphatic carbocycles. The smallest absolute Gasteiger partial charge is 0.323 e. The molecule has 1 atom stereocenters. The molecule has 1 aromatic rings. The number of carbonyl (C=O) groups excluding carboxylic acids is 1. The maximum Gasteiger partial charge on any atom is 0.323 e. The molecule has 18 heavy (non-hydrogen) atoms. The Morgan fingerprint density at radius 1 is 1.33 bits per heavy atom. The first-order valence-corrected chi connectivity index (χ1v) is 5.76. The van der Waals surface area contributed by atoms with Crippen molar-refractivity contribution < 1.29 is 14.7 Å². The summed E-state index contributed by atoms with van der Waals surface area (Å²) in [5, 5.41) is 11.3. The Morgan fingerprint density at radius 3 is 2.50 bits per heavy atom. The van der Waals surface area contributed by atoms with Crippen LogP contribution in [0.15, 0.2) is 30.3 Å². The van der Waals surface area contributed by atoms with Crippen molar-refractivity contribution >= 4 is 12.0 Å². The Bertz CT molecular complexity index is 406. The van der Waals surface area contributed by atoms with Gasteiger partial charge in [-0.1, -0.05) is 37.3 Å². The van der Waals surface area contributed by atoms with Gasteiger partial charge in [0.15, 0.2) is 0 Å². The van der Waals surface area contributed by atoms with Crippen LogP contribution in [0.2, 0.25) is 0 Å². The van der Waals surface area contributed by atoms with E-state index in [-0.39, 0.29) is 18.5 Å². The van der Waals surface area contributed by atoms with Gasteiger partial charge in [-0.15, -0.1) is 0 Å². The van der Waals surface area contributed by atoms with Crippen LogP contribution in [-0.2, 0) is 4.79 Å². The largest absolute Gasteiger partial charge is 0.480 e. The van der Waals surface area contributed by atoms with Crippen LogP contribution < -0.4 is 5.32 Å². The third-order valence-corrected chi connectivity index (χ3v) is 2.65. The van der Waals surface area contributed by atoms with E-state index in [0.717, 1.165) is 10.5 Å². The van der Waals surface area contributed by atoms with Gasteiger partial charge in [0.1, 0.15) is 6.54 Å². The summed E-state index contributed by atoms with van der Waals surface area (Å²) >= 11 is 0. The second-order valence-corrected chi connectivity index (χ2v) is 4.25. The van der Waals surface area contributed by atoms with E-state index >= 15 is 0 Å². The van der Waals surface area contributed by atoms with Crippen molar-refractivity contribution in [2.75, 3.05) is 20.1 Å². The Hall–Kier alpha value is -2.04. The highest BCUT2D eigenvalue weighted by atomic mass is 16.4. The lowest BCUT2D eigenvalue weighted by Gasteiger charge is -2.18. The van der Waals surface area contributed by atoms with Gasteiger partial charge in [0.05, 0.1) is 0 Å². The molecule has 0 aromatic heterocycles. The molecule has 1 unspecified atom stereocenters. The van der Waals surface area contributed by atoms with Crippen molar-refractivity contribution in [3.05, 3.63) is 35.9 Å². The van der Waals surface area contributed by atoms with Crippen LogP contribution in [0.3, 0.4) is 0 Å². The first kappa shape index (κ1) is 14.0. The minimum absolute atomic E-state index is 0.188. The molecule has 0 saturated carbocycles. The van der Waals surface area contributed by atoms with E-state index in [9.17, 15) is 9.59 Å². The molecule has 0 fully saturated rings. The predicted octanol–water partition coefficient (Wildman–Crippen LogP) is 1.52. The molecule has 0 radical (unpaired) electrons. The number of hydrogen-bond acceptors (Lipinski definition) is 2. The van der Waals surface area contributed by atoms with Crippen LogP contribution in [0.5, 0.6) is 0 Å². The number of nitrogens with one attached hydrogen (secondary N) is 1. The molecule has 2 amide bonds. The minimum Gasteiger partial charge on any atom is -0.480 e. The lowest BCUT2D eigenvalue weighted by atomic mass is 10.0.